The van der Waals surface area contributed by atoms with Crippen LogP contribution in [0.2, 0.25) is 0 Å². The number of nitro groups is 1. The minimum Gasteiger partial charge on any atom is -0.465 e. The zero-order valence-corrected chi connectivity index (χ0v) is 15.5. The van der Waals surface area contributed by atoms with Crippen LogP contribution in [0.25, 0.3) is 0 Å². The maximum absolute atomic E-state index is 13.1. The molecule has 0 aliphatic heterocycles. The lowest BCUT2D eigenvalue weighted by atomic mass is 9.86. The number of amides is 1. The summed E-state index contributed by atoms with van der Waals surface area (Å²) in [5, 5.41) is 13.5. The van der Waals surface area contributed by atoms with Gasteiger partial charge in [-0.3, -0.25) is 24.5 Å². The third-order valence-corrected chi connectivity index (χ3v) is 4.04. The number of ether oxygens (including phenoxy) is 1. The molecule has 8 nitrogen and oxygen atoms in total. The number of rotatable bonds is 8. The van der Waals surface area contributed by atoms with Crippen LogP contribution in [0.3, 0.4) is 0 Å². The normalized spacial score (nSPS) is 12.5. The molecule has 1 amide bonds. The number of hydrogen-bond donors (Lipinski definition) is 1. The Bertz CT molecular complexity index is 864. The summed E-state index contributed by atoms with van der Waals surface area (Å²) in [7, 11) is 0. The molecule has 0 spiro atoms. The van der Waals surface area contributed by atoms with E-state index in [4.69, 9.17) is 4.74 Å². The lowest BCUT2D eigenvalue weighted by Gasteiger charge is -2.25. The highest BCUT2D eigenvalue weighted by molar-refractivity contribution is 6.09. The van der Waals surface area contributed by atoms with Crippen LogP contribution in [0.15, 0.2) is 54.6 Å². The maximum Gasteiger partial charge on any atom is 0.319 e. The molecule has 0 saturated carbocycles. The molecule has 2 atom stereocenters. The monoisotopic (exact) mass is 384 g/mol. The Balaban J connectivity index is 2.51. The molecule has 146 valence electrons. The number of carbonyl (C=O) groups is 3. The zero-order chi connectivity index (χ0) is 20.7. The van der Waals surface area contributed by atoms with Gasteiger partial charge in [0.05, 0.1) is 17.6 Å². The summed E-state index contributed by atoms with van der Waals surface area (Å²) in [6.45, 7) is 2.93. The molecule has 0 radical (unpaired) electrons. The van der Waals surface area contributed by atoms with E-state index in [1.165, 1.54) is 31.2 Å². The number of Topliss-reactive ketones (excluding diaryl/α,β-unsaturated/α-hetero) is 1. The molecule has 28 heavy (non-hydrogen) atoms. The fourth-order valence-electron chi connectivity index (χ4n) is 2.79. The summed E-state index contributed by atoms with van der Waals surface area (Å²) in [6, 6.07) is 12.5. The summed E-state index contributed by atoms with van der Waals surface area (Å²) in [4.78, 5) is 47.8. The Hall–Kier alpha value is -3.55. The van der Waals surface area contributed by atoms with Gasteiger partial charge in [0.15, 0.2) is 5.78 Å². The van der Waals surface area contributed by atoms with Crippen LogP contribution in [0.4, 0.5) is 5.69 Å². The van der Waals surface area contributed by atoms with Gasteiger partial charge in [-0.25, -0.2) is 0 Å². The van der Waals surface area contributed by atoms with Gasteiger partial charge in [-0.05, 0) is 12.5 Å². The van der Waals surface area contributed by atoms with E-state index in [0.29, 0.717) is 5.56 Å². The topological polar surface area (TPSA) is 116 Å². The number of ketones is 1. The lowest BCUT2D eigenvalue weighted by Crippen LogP contribution is -2.40. The van der Waals surface area contributed by atoms with Gasteiger partial charge in [-0.2, -0.15) is 0 Å². The molecule has 0 aliphatic rings. The van der Waals surface area contributed by atoms with E-state index in [0.717, 1.165) is 0 Å². The predicted octanol–water partition coefficient (Wildman–Crippen LogP) is 2.83. The smallest absolute Gasteiger partial charge is 0.319 e. The first kappa shape index (κ1) is 20.8. The summed E-state index contributed by atoms with van der Waals surface area (Å²) in [5.41, 5.74) is 0.522. The standard InChI is InChI=1S/C20H20N2O6/c1-3-28-20(25)17(19(24)15-7-5-4-6-8-15)18(21-13(2)23)14-9-11-16(12-10-14)22(26)27/h4-12,17-18H,3H2,1-2H3,(H,21,23)/t17-,18-/m1/s1. The molecule has 2 aromatic rings. The highest BCUT2D eigenvalue weighted by Gasteiger charge is 2.38. The van der Waals surface area contributed by atoms with Crippen molar-refractivity contribution in [2.45, 2.75) is 19.9 Å². The van der Waals surface area contributed by atoms with Crippen molar-refractivity contribution in [1.82, 2.24) is 5.32 Å². The van der Waals surface area contributed by atoms with E-state index >= 15 is 0 Å². The summed E-state index contributed by atoms with van der Waals surface area (Å²) in [6.07, 6.45) is 0. The summed E-state index contributed by atoms with van der Waals surface area (Å²) < 4.78 is 5.07. The number of esters is 1. The third kappa shape index (κ3) is 5.00. The first-order chi connectivity index (χ1) is 13.3. The third-order valence-electron chi connectivity index (χ3n) is 4.04. The van der Waals surface area contributed by atoms with Crippen molar-refractivity contribution < 1.29 is 24.0 Å². The van der Waals surface area contributed by atoms with Gasteiger partial charge in [0.25, 0.3) is 5.69 Å². The number of nitrogens with one attached hydrogen (secondary N) is 1. The number of hydrogen-bond acceptors (Lipinski definition) is 6. The average molecular weight is 384 g/mol. The SMILES string of the molecule is CCOC(=O)[C@@H](C(=O)c1ccccc1)[C@H](NC(C)=O)c1ccc([N+](=O)[O-])cc1. The van der Waals surface area contributed by atoms with Crippen LogP contribution in [0, 0.1) is 16.0 Å². The van der Waals surface area contributed by atoms with Crippen molar-refractivity contribution in [1.29, 1.82) is 0 Å². The average Bonchev–Trinajstić information content (AvgIpc) is 2.68. The molecular formula is C20H20N2O6. The van der Waals surface area contributed by atoms with Crippen LogP contribution >= 0.6 is 0 Å². The molecule has 2 rings (SSSR count). The first-order valence-electron chi connectivity index (χ1n) is 8.62. The number of benzene rings is 2. The molecule has 1 N–H and O–H groups in total. The highest BCUT2D eigenvalue weighted by atomic mass is 16.6. The van der Waals surface area contributed by atoms with Crippen LogP contribution in [-0.2, 0) is 14.3 Å². The van der Waals surface area contributed by atoms with Gasteiger partial charge < -0.3 is 10.1 Å². The second-order valence-electron chi connectivity index (χ2n) is 5.99. The van der Waals surface area contributed by atoms with Crippen LogP contribution in [0.5, 0.6) is 0 Å². The minimum absolute atomic E-state index is 0.0600. The number of carbonyl (C=O) groups excluding carboxylic acids is 3. The molecular weight excluding hydrogens is 364 g/mol. The maximum atomic E-state index is 13.1. The quantitative estimate of drug-likeness (QED) is 0.246. The Kier molecular flexibility index (Phi) is 6.97. The van der Waals surface area contributed by atoms with E-state index < -0.39 is 34.5 Å². The summed E-state index contributed by atoms with van der Waals surface area (Å²) in [5.74, 6) is -3.10. The molecule has 0 aromatic heterocycles. The van der Waals surface area contributed by atoms with Crippen molar-refractivity contribution in [3.05, 3.63) is 75.8 Å². The van der Waals surface area contributed by atoms with Crippen LogP contribution in [0.1, 0.15) is 35.8 Å². The minimum atomic E-state index is -1.34. The van der Waals surface area contributed by atoms with E-state index in [2.05, 4.69) is 5.32 Å². The molecule has 0 bridgehead atoms. The lowest BCUT2D eigenvalue weighted by molar-refractivity contribution is -0.384. The van der Waals surface area contributed by atoms with E-state index in [1.54, 1.807) is 37.3 Å². The number of non-ortho nitro benzene ring substituents is 1. The van der Waals surface area contributed by atoms with E-state index in [9.17, 15) is 24.5 Å². The Morgan fingerprint density at radius 3 is 2.18 bits per heavy atom. The molecule has 0 fully saturated rings. The van der Waals surface area contributed by atoms with Crippen molar-refractivity contribution in [2.75, 3.05) is 6.61 Å². The molecule has 0 saturated heterocycles. The number of nitro benzene ring substituents is 1. The molecule has 0 heterocycles. The largest absolute Gasteiger partial charge is 0.465 e. The van der Waals surface area contributed by atoms with E-state index in [-0.39, 0.29) is 17.9 Å². The number of nitrogens with zero attached hydrogens (tertiary/aromatic N) is 1. The summed E-state index contributed by atoms with van der Waals surface area (Å²) >= 11 is 0. The van der Waals surface area contributed by atoms with E-state index in [1.807, 2.05) is 0 Å². The van der Waals surface area contributed by atoms with Gasteiger partial charge >= 0.3 is 5.97 Å². The second-order valence-corrected chi connectivity index (χ2v) is 5.99. The second kappa shape index (κ2) is 9.40. The van der Waals surface area contributed by atoms with Crippen molar-refractivity contribution in [3.8, 4) is 0 Å². The van der Waals surface area contributed by atoms with Gasteiger partial charge in [0, 0.05) is 24.6 Å². The molecule has 0 unspecified atom stereocenters. The van der Waals surface area contributed by atoms with Crippen molar-refractivity contribution in [2.24, 2.45) is 5.92 Å². The van der Waals surface area contributed by atoms with Crippen molar-refractivity contribution >= 4 is 23.3 Å². The molecule has 8 heteroatoms. The molecule has 2 aromatic carbocycles. The fraction of sp³-hybridized carbons (Fsp3) is 0.250. The Labute approximate surface area is 161 Å². The predicted molar refractivity (Wildman–Crippen MR) is 101 cm³/mol. The zero-order valence-electron chi connectivity index (χ0n) is 15.5. The Morgan fingerprint density at radius 1 is 1.07 bits per heavy atom. The van der Waals surface area contributed by atoms with Gasteiger partial charge in [-0.1, -0.05) is 42.5 Å². The Morgan fingerprint density at radius 2 is 1.68 bits per heavy atom. The molecule has 0 aliphatic carbocycles. The van der Waals surface area contributed by atoms with Crippen LogP contribution < -0.4 is 5.32 Å². The van der Waals surface area contributed by atoms with Gasteiger partial charge in [-0.15, -0.1) is 0 Å². The van der Waals surface area contributed by atoms with Gasteiger partial charge in [0.2, 0.25) is 5.91 Å². The van der Waals surface area contributed by atoms with Gasteiger partial charge in [0.1, 0.15) is 5.92 Å². The fourth-order valence-corrected chi connectivity index (χ4v) is 2.79. The highest BCUT2D eigenvalue weighted by Crippen LogP contribution is 2.28. The first-order valence-corrected chi connectivity index (χ1v) is 8.62. The van der Waals surface area contributed by atoms with Crippen LogP contribution in [-0.4, -0.2) is 29.2 Å². The van der Waals surface area contributed by atoms with Crippen molar-refractivity contribution in [3.63, 3.8) is 0 Å².